The van der Waals surface area contributed by atoms with Crippen molar-refractivity contribution < 1.29 is 14.4 Å². The fourth-order valence-corrected chi connectivity index (χ4v) is 3.47. The number of aromatic nitrogens is 2. The van der Waals surface area contributed by atoms with Crippen LogP contribution in [0.1, 0.15) is 34.5 Å². The van der Waals surface area contributed by atoms with Gasteiger partial charge in [0.2, 0.25) is 17.8 Å². The van der Waals surface area contributed by atoms with Gasteiger partial charge >= 0.3 is 0 Å². The molecule has 3 N–H and O–H groups in total. The van der Waals surface area contributed by atoms with E-state index in [0.29, 0.717) is 24.2 Å². The summed E-state index contributed by atoms with van der Waals surface area (Å²) >= 11 is 0. The number of fused-ring (bicyclic) bond motifs is 1. The number of carbonyl (C=O) groups is 3. The average molecular weight is 351 g/mol. The predicted octanol–water partition coefficient (Wildman–Crippen LogP) is 0.795. The average Bonchev–Trinajstić information content (AvgIpc) is 2.90. The Labute approximate surface area is 149 Å². The number of rotatable bonds is 2. The van der Waals surface area contributed by atoms with Gasteiger partial charge in [-0.25, -0.2) is 9.97 Å². The molecule has 0 saturated carbocycles. The van der Waals surface area contributed by atoms with Crippen LogP contribution in [0.15, 0.2) is 24.3 Å². The first-order valence-corrected chi connectivity index (χ1v) is 8.31. The van der Waals surface area contributed by atoms with E-state index in [4.69, 9.17) is 5.73 Å². The number of amides is 3. The Balaban J connectivity index is 1.64. The summed E-state index contributed by atoms with van der Waals surface area (Å²) in [5.74, 6) is -0.711. The molecule has 132 valence electrons. The Morgan fingerprint density at radius 2 is 2.00 bits per heavy atom. The molecule has 0 radical (unpaired) electrons. The van der Waals surface area contributed by atoms with E-state index in [2.05, 4.69) is 15.3 Å². The molecule has 4 rings (SSSR count). The first-order chi connectivity index (χ1) is 12.4. The summed E-state index contributed by atoms with van der Waals surface area (Å²) in [6.45, 7) is 2.16. The smallest absolute Gasteiger partial charge is 0.255 e. The first kappa shape index (κ1) is 16.2. The zero-order chi connectivity index (χ0) is 18.4. The number of nitrogen functional groups attached to an aromatic ring is 1. The third kappa shape index (κ3) is 2.69. The molecule has 1 aromatic carbocycles. The van der Waals surface area contributed by atoms with Gasteiger partial charge in [-0.05, 0) is 37.1 Å². The molecule has 2 aliphatic rings. The second-order valence-corrected chi connectivity index (χ2v) is 6.52. The quantitative estimate of drug-likeness (QED) is 0.773. The van der Waals surface area contributed by atoms with Crippen LogP contribution in [0.3, 0.4) is 0 Å². The van der Waals surface area contributed by atoms with Crippen LogP contribution in [0.25, 0.3) is 11.3 Å². The summed E-state index contributed by atoms with van der Waals surface area (Å²) in [6.07, 6.45) is 0.583. The lowest BCUT2D eigenvalue weighted by atomic mass is 10.0. The highest BCUT2D eigenvalue weighted by molar-refractivity contribution is 6.05. The molecule has 1 unspecified atom stereocenters. The Bertz CT molecular complexity index is 936. The maximum absolute atomic E-state index is 12.7. The molecule has 1 atom stereocenters. The third-order valence-corrected chi connectivity index (χ3v) is 4.69. The summed E-state index contributed by atoms with van der Waals surface area (Å²) in [6, 6.07) is 6.65. The second-order valence-electron chi connectivity index (χ2n) is 6.52. The molecular formula is C18H17N5O3. The number of piperidine rings is 1. The SMILES string of the molecule is Cc1cc(-c2ccc3c(c2)CN(C2CCC(=O)NC2=O)C3=O)nc(N)n1. The second kappa shape index (κ2) is 5.91. The summed E-state index contributed by atoms with van der Waals surface area (Å²) < 4.78 is 0. The van der Waals surface area contributed by atoms with E-state index in [9.17, 15) is 14.4 Å². The topological polar surface area (TPSA) is 118 Å². The number of nitrogens with one attached hydrogen (secondary N) is 1. The molecule has 1 aromatic heterocycles. The van der Waals surface area contributed by atoms with E-state index in [1.165, 1.54) is 4.90 Å². The Kier molecular flexibility index (Phi) is 3.68. The number of anilines is 1. The Hall–Kier alpha value is -3.29. The van der Waals surface area contributed by atoms with Crippen LogP contribution in [0, 0.1) is 6.92 Å². The standard InChI is InChI=1S/C18H17N5O3/c1-9-6-13(21-18(19)20-9)10-2-3-12-11(7-10)8-23(17(12)26)14-4-5-15(24)22-16(14)25/h2-3,6-7,14H,4-5,8H2,1H3,(H2,19,20,21)(H,22,24,25). The van der Waals surface area contributed by atoms with Gasteiger partial charge < -0.3 is 10.6 Å². The van der Waals surface area contributed by atoms with Crippen molar-refractivity contribution in [2.24, 2.45) is 0 Å². The van der Waals surface area contributed by atoms with Gasteiger partial charge in [0.1, 0.15) is 6.04 Å². The highest BCUT2D eigenvalue weighted by atomic mass is 16.2. The number of carbonyl (C=O) groups excluding carboxylic acids is 3. The van der Waals surface area contributed by atoms with Crippen LogP contribution in [0.4, 0.5) is 5.95 Å². The van der Waals surface area contributed by atoms with E-state index in [0.717, 1.165) is 16.8 Å². The van der Waals surface area contributed by atoms with E-state index in [1.54, 1.807) is 6.07 Å². The molecular weight excluding hydrogens is 334 g/mol. The van der Waals surface area contributed by atoms with Gasteiger partial charge in [-0.15, -0.1) is 0 Å². The van der Waals surface area contributed by atoms with E-state index in [-0.39, 0.29) is 24.2 Å². The molecule has 0 bridgehead atoms. The highest BCUT2D eigenvalue weighted by Crippen LogP contribution is 2.30. The maximum atomic E-state index is 12.7. The van der Waals surface area contributed by atoms with Crippen molar-refractivity contribution in [2.45, 2.75) is 32.4 Å². The van der Waals surface area contributed by atoms with Gasteiger partial charge in [0.15, 0.2) is 0 Å². The number of nitrogens with zero attached hydrogens (tertiary/aromatic N) is 3. The summed E-state index contributed by atoms with van der Waals surface area (Å²) in [4.78, 5) is 46.0. The molecule has 1 saturated heterocycles. The molecule has 2 aliphatic heterocycles. The van der Waals surface area contributed by atoms with Crippen molar-refractivity contribution in [1.82, 2.24) is 20.2 Å². The number of hydrogen-bond acceptors (Lipinski definition) is 6. The zero-order valence-electron chi connectivity index (χ0n) is 14.2. The molecule has 26 heavy (non-hydrogen) atoms. The first-order valence-electron chi connectivity index (χ1n) is 8.31. The van der Waals surface area contributed by atoms with Crippen molar-refractivity contribution in [1.29, 1.82) is 0 Å². The predicted molar refractivity (Wildman–Crippen MR) is 92.7 cm³/mol. The number of benzene rings is 1. The van der Waals surface area contributed by atoms with Gasteiger partial charge in [-0.3, -0.25) is 19.7 Å². The fraction of sp³-hybridized carbons (Fsp3) is 0.278. The monoisotopic (exact) mass is 351 g/mol. The summed E-state index contributed by atoms with van der Waals surface area (Å²) in [5.41, 5.74) is 9.39. The van der Waals surface area contributed by atoms with Crippen molar-refractivity contribution >= 4 is 23.7 Å². The molecule has 8 heteroatoms. The lowest BCUT2D eigenvalue weighted by Crippen LogP contribution is -2.52. The molecule has 0 spiro atoms. The highest BCUT2D eigenvalue weighted by Gasteiger charge is 2.39. The van der Waals surface area contributed by atoms with E-state index < -0.39 is 11.9 Å². The molecule has 2 aromatic rings. The minimum absolute atomic E-state index is 0.195. The van der Waals surface area contributed by atoms with Gasteiger partial charge in [-0.1, -0.05) is 6.07 Å². The Morgan fingerprint density at radius 1 is 1.19 bits per heavy atom. The molecule has 1 fully saturated rings. The lowest BCUT2D eigenvalue weighted by Gasteiger charge is -2.29. The van der Waals surface area contributed by atoms with Crippen LogP contribution in [-0.2, 0) is 16.1 Å². The zero-order valence-corrected chi connectivity index (χ0v) is 14.2. The van der Waals surface area contributed by atoms with Crippen molar-refractivity contribution in [3.05, 3.63) is 41.1 Å². The van der Waals surface area contributed by atoms with Crippen LogP contribution in [0.2, 0.25) is 0 Å². The van der Waals surface area contributed by atoms with Gasteiger partial charge in [0, 0.05) is 29.8 Å². The van der Waals surface area contributed by atoms with Crippen LogP contribution < -0.4 is 11.1 Å². The van der Waals surface area contributed by atoms with Gasteiger partial charge in [0.05, 0.1) is 5.69 Å². The molecule has 0 aliphatic carbocycles. The van der Waals surface area contributed by atoms with Crippen LogP contribution >= 0.6 is 0 Å². The number of aryl methyl sites for hydroxylation is 1. The summed E-state index contributed by atoms with van der Waals surface area (Å²) in [7, 11) is 0. The summed E-state index contributed by atoms with van der Waals surface area (Å²) in [5, 5.41) is 2.30. The normalized spacial score (nSPS) is 19.5. The van der Waals surface area contributed by atoms with Crippen molar-refractivity contribution in [3.8, 4) is 11.3 Å². The van der Waals surface area contributed by atoms with Gasteiger partial charge in [-0.2, -0.15) is 0 Å². The Morgan fingerprint density at radius 3 is 2.73 bits per heavy atom. The fourth-order valence-electron chi connectivity index (χ4n) is 3.47. The number of imide groups is 1. The molecule has 3 amide bonds. The van der Waals surface area contributed by atoms with E-state index in [1.807, 2.05) is 25.1 Å². The largest absolute Gasteiger partial charge is 0.368 e. The minimum Gasteiger partial charge on any atom is -0.368 e. The molecule has 3 heterocycles. The van der Waals surface area contributed by atoms with E-state index >= 15 is 0 Å². The van der Waals surface area contributed by atoms with Crippen molar-refractivity contribution in [3.63, 3.8) is 0 Å². The number of nitrogens with two attached hydrogens (primary N) is 1. The maximum Gasteiger partial charge on any atom is 0.255 e. The van der Waals surface area contributed by atoms with Crippen LogP contribution in [0.5, 0.6) is 0 Å². The van der Waals surface area contributed by atoms with Crippen LogP contribution in [-0.4, -0.2) is 38.6 Å². The van der Waals surface area contributed by atoms with Crippen molar-refractivity contribution in [2.75, 3.05) is 5.73 Å². The van der Waals surface area contributed by atoms with Gasteiger partial charge in [0.25, 0.3) is 5.91 Å². The minimum atomic E-state index is -0.618. The third-order valence-electron chi connectivity index (χ3n) is 4.69. The lowest BCUT2D eigenvalue weighted by molar-refractivity contribution is -0.136. The number of hydrogen-bond donors (Lipinski definition) is 2. The molecule has 8 nitrogen and oxygen atoms in total.